The van der Waals surface area contributed by atoms with Crippen LogP contribution in [-0.4, -0.2) is 20.9 Å². The maximum absolute atomic E-state index is 11.0. The molecule has 1 amide bonds. The second kappa shape index (κ2) is 4.36. The minimum atomic E-state index is -0.467. The molecule has 0 spiro atoms. The van der Waals surface area contributed by atoms with Crippen molar-refractivity contribution < 1.29 is 4.79 Å². The van der Waals surface area contributed by atoms with E-state index in [-0.39, 0.29) is 0 Å². The standard InChI is InChI=1S/C10H10N4OS/c1-2-6-8(13-4-3-12-6)10-14-5-7(16-10)9(11)15/h3-5H,2H2,1H3,(H2,11,15). The van der Waals surface area contributed by atoms with Gasteiger partial charge in [0.25, 0.3) is 5.91 Å². The van der Waals surface area contributed by atoms with E-state index < -0.39 is 5.91 Å². The molecule has 2 N–H and O–H groups in total. The zero-order valence-corrected chi connectivity index (χ0v) is 9.49. The van der Waals surface area contributed by atoms with Gasteiger partial charge in [0.1, 0.15) is 15.6 Å². The minimum Gasteiger partial charge on any atom is -0.365 e. The Morgan fingerprint density at radius 3 is 2.75 bits per heavy atom. The highest BCUT2D eigenvalue weighted by molar-refractivity contribution is 7.16. The number of thiazole rings is 1. The number of nitrogens with two attached hydrogens (primary N) is 1. The van der Waals surface area contributed by atoms with Gasteiger partial charge < -0.3 is 5.73 Å². The Morgan fingerprint density at radius 1 is 1.38 bits per heavy atom. The number of amides is 1. The summed E-state index contributed by atoms with van der Waals surface area (Å²) in [4.78, 5) is 24.0. The van der Waals surface area contributed by atoms with Crippen molar-refractivity contribution in [2.24, 2.45) is 5.73 Å². The van der Waals surface area contributed by atoms with Crippen molar-refractivity contribution in [1.82, 2.24) is 15.0 Å². The number of carbonyl (C=O) groups excluding carboxylic acids is 1. The van der Waals surface area contributed by atoms with Crippen LogP contribution >= 0.6 is 11.3 Å². The maximum atomic E-state index is 11.0. The van der Waals surface area contributed by atoms with E-state index in [9.17, 15) is 4.79 Å². The number of aryl methyl sites for hydroxylation is 1. The molecular formula is C10H10N4OS. The lowest BCUT2D eigenvalue weighted by Crippen LogP contribution is -2.08. The number of hydrogen-bond donors (Lipinski definition) is 1. The van der Waals surface area contributed by atoms with Gasteiger partial charge in [0.15, 0.2) is 0 Å². The number of aromatic nitrogens is 3. The Balaban J connectivity index is 2.46. The third kappa shape index (κ3) is 1.92. The Kier molecular flexibility index (Phi) is 2.91. The molecule has 0 atom stereocenters. The molecule has 6 heteroatoms. The molecule has 0 aliphatic heterocycles. The van der Waals surface area contributed by atoms with E-state index in [1.54, 1.807) is 12.4 Å². The van der Waals surface area contributed by atoms with Crippen LogP contribution < -0.4 is 5.73 Å². The number of hydrogen-bond acceptors (Lipinski definition) is 5. The Labute approximate surface area is 96.4 Å². The van der Waals surface area contributed by atoms with Crippen LogP contribution in [0.4, 0.5) is 0 Å². The molecule has 0 bridgehead atoms. The van der Waals surface area contributed by atoms with Crippen molar-refractivity contribution in [3.8, 4) is 10.7 Å². The number of rotatable bonds is 3. The van der Waals surface area contributed by atoms with Gasteiger partial charge in [-0.2, -0.15) is 0 Å². The first-order valence-corrected chi connectivity index (χ1v) is 5.60. The number of primary amides is 1. The minimum absolute atomic E-state index is 0.433. The van der Waals surface area contributed by atoms with Crippen LogP contribution in [0.2, 0.25) is 0 Å². The molecule has 0 saturated carbocycles. The molecule has 0 aromatic carbocycles. The van der Waals surface area contributed by atoms with Crippen molar-refractivity contribution in [3.63, 3.8) is 0 Å². The van der Waals surface area contributed by atoms with Crippen LogP contribution in [0.3, 0.4) is 0 Å². The highest BCUT2D eigenvalue weighted by atomic mass is 32.1. The molecule has 5 nitrogen and oxygen atoms in total. The van der Waals surface area contributed by atoms with Gasteiger partial charge in [0.05, 0.1) is 11.9 Å². The summed E-state index contributed by atoms with van der Waals surface area (Å²) in [5, 5.41) is 0.679. The summed E-state index contributed by atoms with van der Waals surface area (Å²) < 4.78 is 0. The molecule has 2 aromatic heterocycles. The maximum Gasteiger partial charge on any atom is 0.260 e. The largest absolute Gasteiger partial charge is 0.365 e. The predicted octanol–water partition coefficient (Wildman–Crippen LogP) is 1.26. The van der Waals surface area contributed by atoms with Gasteiger partial charge in [-0.3, -0.25) is 14.8 Å². The summed E-state index contributed by atoms with van der Waals surface area (Å²) in [5.41, 5.74) is 6.76. The highest BCUT2D eigenvalue weighted by Gasteiger charge is 2.12. The molecule has 2 heterocycles. The van der Waals surface area contributed by atoms with Crippen molar-refractivity contribution in [1.29, 1.82) is 0 Å². The zero-order chi connectivity index (χ0) is 11.5. The normalized spacial score (nSPS) is 10.3. The first-order valence-electron chi connectivity index (χ1n) is 4.78. The van der Waals surface area contributed by atoms with Crippen LogP contribution in [0.5, 0.6) is 0 Å². The van der Waals surface area contributed by atoms with E-state index in [2.05, 4.69) is 15.0 Å². The molecule has 0 aliphatic carbocycles. The van der Waals surface area contributed by atoms with Crippen molar-refractivity contribution >= 4 is 17.2 Å². The Bertz CT molecular complexity index is 523. The van der Waals surface area contributed by atoms with Crippen LogP contribution in [0.25, 0.3) is 10.7 Å². The van der Waals surface area contributed by atoms with E-state index in [4.69, 9.17) is 5.73 Å². The molecule has 0 aliphatic rings. The van der Waals surface area contributed by atoms with Crippen molar-refractivity contribution in [2.75, 3.05) is 0 Å². The van der Waals surface area contributed by atoms with Gasteiger partial charge in [-0.05, 0) is 6.42 Å². The van der Waals surface area contributed by atoms with Gasteiger partial charge in [0, 0.05) is 12.4 Å². The third-order valence-electron chi connectivity index (χ3n) is 2.06. The highest BCUT2D eigenvalue weighted by Crippen LogP contribution is 2.25. The van der Waals surface area contributed by atoms with E-state index in [0.717, 1.165) is 17.8 Å². The van der Waals surface area contributed by atoms with Gasteiger partial charge in [-0.1, -0.05) is 6.92 Å². The SMILES string of the molecule is CCc1nccnc1-c1ncc(C(N)=O)s1. The fourth-order valence-electron chi connectivity index (χ4n) is 1.30. The molecule has 82 valence electrons. The molecule has 2 rings (SSSR count). The molecule has 16 heavy (non-hydrogen) atoms. The predicted molar refractivity (Wildman–Crippen MR) is 61.0 cm³/mol. The summed E-state index contributed by atoms with van der Waals surface area (Å²) in [6, 6.07) is 0. The quantitative estimate of drug-likeness (QED) is 0.866. The molecule has 0 fully saturated rings. The fraction of sp³-hybridized carbons (Fsp3) is 0.200. The number of carbonyl (C=O) groups is 1. The van der Waals surface area contributed by atoms with Crippen LogP contribution in [0.15, 0.2) is 18.6 Å². The molecule has 0 radical (unpaired) electrons. The summed E-state index contributed by atoms with van der Waals surface area (Å²) in [6.07, 6.45) is 5.50. The van der Waals surface area contributed by atoms with Gasteiger partial charge >= 0.3 is 0 Å². The van der Waals surface area contributed by atoms with Crippen molar-refractivity contribution in [3.05, 3.63) is 29.2 Å². The van der Waals surface area contributed by atoms with Crippen LogP contribution in [0.1, 0.15) is 22.3 Å². The summed E-state index contributed by atoms with van der Waals surface area (Å²) in [6.45, 7) is 2.00. The van der Waals surface area contributed by atoms with Crippen LogP contribution in [0, 0.1) is 0 Å². The van der Waals surface area contributed by atoms with Crippen LogP contribution in [-0.2, 0) is 6.42 Å². The molecule has 0 unspecified atom stereocenters. The second-order valence-electron chi connectivity index (χ2n) is 3.10. The fourth-order valence-corrected chi connectivity index (χ4v) is 2.09. The lowest BCUT2D eigenvalue weighted by Gasteiger charge is -2.00. The lowest BCUT2D eigenvalue weighted by molar-refractivity contribution is 0.100. The molecular weight excluding hydrogens is 224 g/mol. The lowest BCUT2D eigenvalue weighted by atomic mass is 10.2. The molecule has 0 saturated heterocycles. The van der Waals surface area contributed by atoms with Gasteiger partial charge in [-0.25, -0.2) is 4.98 Å². The first-order chi connectivity index (χ1) is 7.72. The van der Waals surface area contributed by atoms with E-state index in [1.807, 2.05) is 6.92 Å². The molecule has 2 aromatic rings. The van der Waals surface area contributed by atoms with E-state index in [1.165, 1.54) is 17.5 Å². The number of nitrogens with zero attached hydrogens (tertiary/aromatic N) is 3. The van der Waals surface area contributed by atoms with Crippen molar-refractivity contribution in [2.45, 2.75) is 13.3 Å². The van der Waals surface area contributed by atoms with E-state index >= 15 is 0 Å². The average Bonchev–Trinajstić information content (AvgIpc) is 2.78. The average molecular weight is 234 g/mol. The second-order valence-corrected chi connectivity index (χ2v) is 4.13. The van der Waals surface area contributed by atoms with E-state index in [0.29, 0.717) is 9.88 Å². The Morgan fingerprint density at radius 2 is 2.12 bits per heavy atom. The monoisotopic (exact) mass is 234 g/mol. The van der Waals surface area contributed by atoms with Gasteiger partial charge in [0.2, 0.25) is 0 Å². The topological polar surface area (TPSA) is 81.8 Å². The van der Waals surface area contributed by atoms with Gasteiger partial charge in [-0.15, -0.1) is 11.3 Å². The third-order valence-corrected chi connectivity index (χ3v) is 3.08. The summed E-state index contributed by atoms with van der Waals surface area (Å²) >= 11 is 1.24. The summed E-state index contributed by atoms with van der Waals surface area (Å²) in [7, 11) is 0. The zero-order valence-electron chi connectivity index (χ0n) is 8.67. The Hall–Kier alpha value is -1.82. The first kappa shape index (κ1) is 10.7. The smallest absolute Gasteiger partial charge is 0.260 e. The summed E-state index contributed by atoms with van der Waals surface area (Å²) in [5.74, 6) is -0.467.